The van der Waals surface area contributed by atoms with Gasteiger partial charge in [-0.1, -0.05) is 30.7 Å². The van der Waals surface area contributed by atoms with Crippen molar-refractivity contribution in [1.82, 2.24) is 5.32 Å². The summed E-state index contributed by atoms with van der Waals surface area (Å²) in [4.78, 5) is 0. The SMILES string of the molecule is c1ccc(C2CCCCN2)c(C2CCOCC2)c1. The summed E-state index contributed by atoms with van der Waals surface area (Å²) in [5, 5.41) is 3.68. The molecule has 1 aromatic carbocycles. The fraction of sp³-hybridized carbons (Fsp3) is 0.625. The minimum absolute atomic E-state index is 0.581. The fourth-order valence-corrected chi connectivity index (χ4v) is 3.33. The molecule has 1 atom stereocenters. The summed E-state index contributed by atoms with van der Waals surface area (Å²) in [6, 6.07) is 9.62. The van der Waals surface area contributed by atoms with Crippen molar-refractivity contribution in [3.63, 3.8) is 0 Å². The lowest BCUT2D eigenvalue weighted by Crippen LogP contribution is -2.28. The minimum Gasteiger partial charge on any atom is -0.381 e. The zero-order valence-corrected chi connectivity index (χ0v) is 11.0. The van der Waals surface area contributed by atoms with E-state index in [2.05, 4.69) is 29.6 Å². The monoisotopic (exact) mass is 245 g/mol. The van der Waals surface area contributed by atoms with Gasteiger partial charge < -0.3 is 10.1 Å². The first-order chi connectivity index (χ1) is 8.95. The summed E-state index contributed by atoms with van der Waals surface area (Å²) in [7, 11) is 0. The van der Waals surface area contributed by atoms with E-state index >= 15 is 0 Å². The smallest absolute Gasteiger partial charge is 0.0471 e. The Bertz CT molecular complexity index is 341. The predicted octanol–water partition coefficient (Wildman–Crippen LogP) is 3.40. The van der Waals surface area contributed by atoms with E-state index in [9.17, 15) is 0 Å². The van der Waals surface area contributed by atoms with Gasteiger partial charge in [-0.2, -0.15) is 0 Å². The second kappa shape index (κ2) is 5.85. The molecule has 2 fully saturated rings. The Morgan fingerprint density at radius 1 is 0.944 bits per heavy atom. The van der Waals surface area contributed by atoms with Crippen molar-refractivity contribution >= 4 is 0 Å². The molecular formula is C16H23NO. The first-order valence-electron chi connectivity index (χ1n) is 7.35. The van der Waals surface area contributed by atoms with Crippen LogP contribution in [0.1, 0.15) is 55.2 Å². The van der Waals surface area contributed by atoms with Crippen LogP contribution in [0.15, 0.2) is 24.3 Å². The largest absolute Gasteiger partial charge is 0.381 e. The molecule has 1 aromatic rings. The standard InChI is InChI=1S/C16H23NO/c1-2-6-15(16-7-3-4-10-17-16)14(5-1)13-8-11-18-12-9-13/h1-2,5-6,13,16-17H,3-4,7-12H2. The van der Waals surface area contributed by atoms with Crippen molar-refractivity contribution in [2.45, 2.75) is 44.1 Å². The molecule has 18 heavy (non-hydrogen) atoms. The van der Waals surface area contributed by atoms with Crippen LogP contribution in [0.25, 0.3) is 0 Å². The summed E-state index contributed by atoms with van der Waals surface area (Å²) in [6.07, 6.45) is 6.35. The van der Waals surface area contributed by atoms with Crippen LogP contribution in [0, 0.1) is 0 Å². The van der Waals surface area contributed by atoms with Crippen molar-refractivity contribution in [2.24, 2.45) is 0 Å². The Kier molecular flexibility index (Phi) is 3.96. The third kappa shape index (κ3) is 2.60. The Balaban J connectivity index is 1.83. The molecule has 98 valence electrons. The van der Waals surface area contributed by atoms with E-state index in [1.54, 1.807) is 11.1 Å². The molecule has 3 rings (SSSR count). The topological polar surface area (TPSA) is 21.3 Å². The molecule has 0 saturated carbocycles. The van der Waals surface area contributed by atoms with Crippen molar-refractivity contribution in [3.05, 3.63) is 35.4 Å². The molecule has 1 unspecified atom stereocenters. The number of benzene rings is 1. The van der Waals surface area contributed by atoms with Crippen LogP contribution < -0.4 is 5.32 Å². The zero-order valence-electron chi connectivity index (χ0n) is 11.0. The van der Waals surface area contributed by atoms with Gasteiger partial charge in [0.25, 0.3) is 0 Å². The fourth-order valence-electron chi connectivity index (χ4n) is 3.33. The molecule has 1 N–H and O–H groups in total. The van der Waals surface area contributed by atoms with E-state index in [0.717, 1.165) is 13.2 Å². The minimum atomic E-state index is 0.581. The van der Waals surface area contributed by atoms with E-state index in [-0.39, 0.29) is 0 Å². The van der Waals surface area contributed by atoms with Crippen LogP contribution in [0.2, 0.25) is 0 Å². The number of piperidine rings is 1. The van der Waals surface area contributed by atoms with Gasteiger partial charge in [0.05, 0.1) is 0 Å². The Hall–Kier alpha value is -0.860. The molecule has 2 nitrogen and oxygen atoms in total. The molecule has 2 saturated heterocycles. The lowest BCUT2D eigenvalue weighted by molar-refractivity contribution is 0.0850. The van der Waals surface area contributed by atoms with E-state index in [4.69, 9.17) is 4.74 Å². The van der Waals surface area contributed by atoms with Crippen LogP contribution in [0.5, 0.6) is 0 Å². The summed E-state index contributed by atoms with van der Waals surface area (Å²) >= 11 is 0. The first kappa shape index (κ1) is 12.2. The molecule has 0 spiro atoms. The third-order valence-corrected chi connectivity index (χ3v) is 4.34. The van der Waals surface area contributed by atoms with Gasteiger partial charge in [0.15, 0.2) is 0 Å². The van der Waals surface area contributed by atoms with Gasteiger partial charge in [-0.15, -0.1) is 0 Å². The normalized spacial score (nSPS) is 26.1. The van der Waals surface area contributed by atoms with Crippen molar-refractivity contribution < 1.29 is 4.74 Å². The van der Waals surface area contributed by atoms with E-state index in [1.165, 1.54) is 38.6 Å². The van der Waals surface area contributed by atoms with Crippen LogP contribution in [0.4, 0.5) is 0 Å². The highest BCUT2D eigenvalue weighted by Crippen LogP contribution is 2.34. The summed E-state index contributed by atoms with van der Waals surface area (Å²) < 4.78 is 5.49. The number of rotatable bonds is 2. The lowest BCUT2D eigenvalue weighted by Gasteiger charge is -2.30. The van der Waals surface area contributed by atoms with Crippen LogP contribution in [-0.2, 0) is 4.74 Å². The van der Waals surface area contributed by atoms with Gasteiger partial charge in [0, 0.05) is 19.3 Å². The number of hydrogen-bond donors (Lipinski definition) is 1. The second-order valence-corrected chi connectivity index (χ2v) is 5.52. The molecule has 2 heteroatoms. The highest BCUT2D eigenvalue weighted by molar-refractivity contribution is 5.33. The highest BCUT2D eigenvalue weighted by Gasteiger charge is 2.23. The number of ether oxygens (including phenoxy) is 1. The van der Waals surface area contributed by atoms with Crippen LogP contribution >= 0.6 is 0 Å². The van der Waals surface area contributed by atoms with Gasteiger partial charge in [0.2, 0.25) is 0 Å². The van der Waals surface area contributed by atoms with Gasteiger partial charge in [-0.05, 0) is 49.3 Å². The van der Waals surface area contributed by atoms with Gasteiger partial charge in [-0.25, -0.2) is 0 Å². The zero-order chi connectivity index (χ0) is 12.2. The van der Waals surface area contributed by atoms with Gasteiger partial charge in [0.1, 0.15) is 0 Å². The molecule has 0 aromatic heterocycles. The molecule has 0 radical (unpaired) electrons. The van der Waals surface area contributed by atoms with Gasteiger partial charge in [-0.3, -0.25) is 0 Å². The molecular weight excluding hydrogens is 222 g/mol. The lowest BCUT2D eigenvalue weighted by atomic mass is 9.84. The molecule has 2 aliphatic heterocycles. The highest BCUT2D eigenvalue weighted by atomic mass is 16.5. The molecule has 2 heterocycles. The summed E-state index contributed by atoms with van der Waals surface area (Å²) in [6.45, 7) is 3.03. The van der Waals surface area contributed by atoms with E-state index < -0.39 is 0 Å². The molecule has 0 aliphatic carbocycles. The van der Waals surface area contributed by atoms with Gasteiger partial charge >= 0.3 is 0 Å². The van der Waals surface area contributed by atoms with Crippen LogP contribution in [0.3, 0.4) is 0 Å². The summed E-state index contributed by atoms with van der Waals surface area (Å²) in [5.41, 5.74) is 3.12. The molecule has 0 amide bonds. The number of hydrogen-bond acceptors (Lipinski definition) is 2. The average Bonchev–Trinajstić information content (AvgIpc) is 2.49. The quantitative estimate of drug-likeness (QED) is 0.862. The van der Waals surface area contributed by atoms with Crippen molar-refractivity contribution in [1.29, 1.82) is 0 Å². The van der Waals surface area contributed by atoms with Crippen molar-refractivity contribution in [3.8, 4) is 0 Å². The Morgan fingerprint density at radius 2 is 1.72 bits per heavy atom. The Morgan fingerprint density at radius 3 is 2.44 bits per heavy atom. The summed E-state index contributed by atoms with van der Waals surface area (Å²) in [5.74, 6) is 0.707. The van der Waals surface area contributed by atoms with E-state index in [0.29, 0.717) is 12.0 Å². The third-order valence-electron chi connectivity index (χ3n) is 4.34. The molecule has 2 aliphatic rings. The maximum absolute atomic E-state index is 5.49. The molecule has 0 bridgehead atoms. The number of nitrogens with one attached hydrogen (secondary N) is 1. The second-order valence-electron chi connectivity index (χ2n) is 5.52. The maximum Gasteiger partial charge on any atom is 0.0471 e. The Labute approximate surface area is 110 Å². The predicted molar refractivity (Wildman–Crippen MR) is 73.8 cm³/mol. The first-order valence-corrected chi connectivity index (χ1v) is 7.35. The van der Waals surface area contributed by atoms with Crippen LogP contribution in [-0.4, -0.2) is 19.8 Å². The van der Waals surface area contributed by atoms with Crippen molar-refractivity contribution in [2.75, 3.05) is 19.8 Å². The van der Waals surface area contributed by atoms with E-state index in [1.807, 2.05) is 0 Å². The average molecular weight is 245 g/mol. The maximum atomic E-state index is 5.49.